The van der Waals surface area contributed by atoms with E-state index < -0.39 is 11.8 Å². The molecule has 0 saturated carbocycles. The third-order valence-electron chi connectivity index (χ3n) is 4.16. The number of nitrogens with one attached hydrogen (secondary N) is 2. The summed E-state index contributed by atoms with van der Waals surface area (Å²) in [5, 5.41) is 6.99. The van der Waals surface area contributed by atoms with Crippen LogP contribution in [0.2, 0.25) is 5.02 Å². The van der Waals surface area contributed by atoms with Gasteiger partial charge < -0.3 is 14.8 Å². The molecule has 0 heterocycles. The molecule has 0 spiro atoms. The highest BCUT2D eigenvalue weighted by Crippen LogP contribution is 2.22. The molecule has 0 bridgehead atoms. The summed E-state index contributed by atoms with van der Waals surface area (Å²) in [4.78, 5) is 24.1. The molecular formula is C23H20ClN3O4. The molecule has 158 valence electrons. The first-order valence-electron chi connectivity index (χ1n) is 9.30. The SMILES string of the molecule is COc1ccccc1NC(=O)C(=O)N/N=C\c1ccccc1OCc1ccc(Cl)cc1. The van der Waals surface area contributed by atoms with E-state index in [1.165, 1.54) is 13.3 Å². The number of benzene rings is 3. The van der Waals surface area contributed by atoms with Crippen molar-refractivity contribution < 1.29 is 19.1 Å². The quantitative estimate of drug-likeness (QED) is 0.332. The van der Waals surface area contributed by atoms with Crippen molar-refractivity contribution in [1.82, 2.24) is 5.43 Å². The van der Waals surface area contributed by atoms with Crippen LogP contribution in [0.4, 0.5) is 5.69 Å². The summed E-state index contributed by atoms with van der Waals surface area (Å²) in [7, 11) is 1.47. The molecule has 0 saturated heterocycles. The van der Waals surface area contributed by atoms with Gasteiger partial charge in [0.25, 0.3) is 0 Å². The van der Waals surface area contributed by atoms with Gasteiger partial charge in [-0.15, -0.1) is 0 Å². The van der Waals surface area contributed by atoms with Gasteiger partial charge in [0.2, 0.25) is 0 Å². The highest BCUT2D eigenvalue weighted by molar-refractivity contribution is 6.39. The highest BCUT2D eigenvalue weighted by atomic mass is 35.5. The van der Waals surface area contributed by atoms with Gasteiger partial charge in [0.1, 0.15) is 18.1 Å². The van der Waals surface area contributed by atoms with E-state index in [-0.39, 0.29) is 0 Å². The van der Waals surface area contributed by atoms with E-state index in [0.717, 1.165) is 5.56 Å². The van der Waals surface area contributed by atoms with Crippen molar-refractivity contribution in [2.75, 3.05) is 12.4 Å². The Kier molecular flexibility index (Phi) is 7.61. The molecule has 2 amide bonds. The number of carbonyl (C=O) groups is 2. The zero-order chi connectivity index (χ0) is 22.1. The molecule has 0 radical (unpaired) electrons. The molecular weight excluding hydrogens is 418 g/mol. The molecule has 3 rings (SSSR count). The molecule has 3 aromatic rings. The topological polar surface area (TPSA) is 89.0 Å². The molecule has 0 aliphatic heterocycles. The summed E-state index contributed by atoms with van der Waals surface area (Å²) < 4.78 is 11.0. The van der Waals surface area contributed by atoms with Gasteiger partial charge in [-0.1, -0.05) is 48.0 Å². The van der Waals surface area contributed by atoms with Gasteiger partial charge in [0.05, 0.1) is 19.0 Å². The number of ether oxygens (including phenoxy) is 2. The zero-order valence-corrected chi connectivity index (χ0v) is 17.4. The van der Waals surface area contributed by atoms with Gasteiger partial charge in [-0.3, -0.25) is 9.59 Å². The number of hydrogen-bond acceptors (Lipinski definition) is 5. The number of anilines is 1. The Balaban J connectivity index is 1.58. The summed E-state index contributed by atoms with van der Waals surface area (Å²) in [6.07, 6.45) is 1.41. The van der Waals surface area contributed by atoms with Crippen LogP contribution in [0.1, 0.15) is 11.1 Å². The van der Waals surface area contributed by atoms with E-state index in [1.807, 2.05) is 24.3 Å². The van der Waals surface area contributed by atoms with Crippen molar-refractivity contribution in [2.24, 2.45) is 5.10 Å². The first-order valence-corrected chi connectivity index (χ1v) is 9.68. The molecule has 0 aliphatic rings. The van der Waals surface area contributed by atoms with E-state index in [2.05, 4.69) is 15.8 Å². The number of amides is 2. The zero-order valence-electron chi connectivity index (χ0n) is 16.7. The summed E-state index contributed by atoms with van der Waals surface area (Å²) in [5.74, 6) is -0.761. The van der Waals surface area contributed by atoms with Crippen LogP contribution in [0.15, 0.2) is 77.9 Å². The van der Waals surface area contributed by atoms with E-state index in [4.69, 9.17) is 21.1 Å². The molecule has 7 nitrogen and oxygen atoms in total. The fourth-order valence-electron chi connectivity index (χ4n) is 2.60. The van der Waals surface area contributed by atoms with Crippen LogP contribution in [-0.4, -0.2) is 25.1 Å². The van der Waals surface area contributed by atoms with Crippen LogP contribution in [0.5, 0.6) is 11.5 Å². The van der Waals surface area contributed by atoms with E-state index in [1.54, 1.807) is 48.5 Å². The number of rotatable bonds is 7. The fraction of sp³-hybridized carbons (Fsp3) is 0.0870. The Morgan fingerprint density at radius 1 is 0.935 bits per heavy atom. The summed E-state index contributed by atoms with van der Waals surface area (Å²) in [6.45, 7) is 0.343. The Labute approximate surface area is 184 Å². The largest absolute Gasteiger partial charge is 0.495 e. The Morgan fingerprint density at radius 3 is 2.35 bits per heavy atom. The van der Waals surface area contributed by atoms with Crippen molar-refractivity contribution in [2.45, 2.75) is 6.61 Å². The van der Waals surface area contributed by atoms with Gasteiger partial charge in [-0.2, -0.15) is 5.10 Å². The molecule has 0 fully saturated rings. The summed E-state index contributed by atoms with van der Waals surface area (Å²) in [6, 6.07) is 21.3. The van der Waals surface area contributed by atoms with Gasteiger partial charge in [0.15, 0.2) is 0 Å². The van der Waals surface area contributed by atoms with Crippen molar-refractivity contribution in [3.63, 3.8) is 0 Å². The molecule has 0 aromatic heterocycles. The van der Waals surface area contributed by atoms with Crippen LogP contribution in [0.25, 0.3) is 0 Å². The lowest BCUT2D eigenvalue weighted by Crippen LogP contribution is -2.32. The normalized spacial score (nSPS) is 10.5. The first-order chi connectivity index (χ1) is 15.1. The Bertz CT molecular complexity index is 1080. The number of nitrogens with zero attached hydrogens (tertiary/aromatic N) is 1. The number of hydrazone groups is 1. The minimum Gasteiger partial charge on any atom is -0.495 e. The van der Waals surface area contributed by atoms with Gasteiger partial charge >= 0.3 is 11.8 Å². The van der Waals surface area contributed by atoms with Crippen molar-refractivity contribution >= 4 is 35.3 Å². The summed E-state index contributed by atoms with van der Waals surface area (Å²) >= 11 is 5.89. The Morgan fingerprint density at radius 2 is 1.61 bits per heavy atom. The average Bonchev–Trinajstić information content (AvgIpc) is 2.79. The average molecular weight is 438 g/mol. The van der Waals surface area contributed by atoms with Crippen LogP contribution in [0, 0.1) is 0 Å². The third-order valence-corrected chi connectivity index (χ3v) is 4.41. The maximum Gasteiger partial charge on any atom is 0.329 e. The molecule has 0 aliphatic carbocycles. The second-order valence-electron chi connectivity index (χ2n) is 6.31. The number of carbonyl (C=O) groups excluding carboxylic acids is 2. The lowest BCUT2D eigenvalue weighted by molar-refractivity contribution is -0.136. The molecule has 0 unspecified atom stereocenters. The predicted molar refractivity (Wildman–Crippen MR) is 120 cm³/mol. The number of methoxy groups -OCH3 is 1. The standard InChI is InChI=1S/C23H20ClN3O4/c1-30-21-9-5-3-7-19(21)26-22(28)23(29)27-25-14-17-6-2-4-8-20(17)31-15-16-10-12-18(24)13-11-16/h2-14H,15H2,1H3,(H,26,28)(H,27,29)/b25-14-. The van der Waals surface area contributed by atoms with E-state index in [9.17, 15) is 9.59 Å². The molecule has 31 heavy (non-hydrogen) atoms. The molecule has 3 aromatic carbocycles. The maximum absolute atomic E-state index is 12.1. The van der Waals surface area contributed by atoms with Gasteiger partial charge in [0, 0.05) is 10.6 Å². The fourth-order valence-corrected chi connectivity index (χ4v) is 2.72. The lowest BCUT2D eigenvalue weighted by atomic mass is 10.2. The number of para-hydroxylation sites is 3. The lowest BCUT2D eigenvalue weighted by Gasteiger charge is -2.09. The predicted octanol–water partition coefficient (Wildman–Crippen LogP) is 4.02. The van der Waals surface area contributed by atoms with E-state index >= 15 is 0 Å². The molecule has 2 N–H and O–H groups in total. The maximum atomic E-state index is 12.1. The van der Waals surface area contributed by atoms with Crippen molar-refractivity contribution in [3.8, 4) is 11.5 Å². The second kappa shape index (κ2) is 10.8. The minimum absolute atomic E-state index is 0.343. The molecule has 8 heteroatoms. The van der Waals surface area contributed by atoms with Crippen LogP contribution < -0.4 is 20.2 Å². The van der Waals surface area contributed by atoms with Gasteiger partial charge in [-0.25, -0.2) is 5.43 Å². The van der Waals surface area contributed by atoms with Crippen molar-refractivity contribution in [3.05, 3.63) is 88.9 Å². The molecule has 0 atom stereocenters. The van der Waals surface area contributed by atoms with Gasteiger partial charge in [-0.05, 0) is 42.0 Å². The van der Waals surface area contributed by atoms with Crippen LogP contribution in [-0.2, 0) is 16.2 Å². The monoisotopic (exact) mass is 437 g/mol. The second-order valence-corrected chi connectivity index (χ2v) is 6.74. The third kappa shape index (κ3) is 6.32. The number of halogens is 1. The van der Waals surface area contributed by atoms with Crippen LogP contribution in [0.3, 0.4) is 0 Å². The van der Waals surface area contributed by atoms with Crippen molar-refractivity contribution in [1.29, 1.82) is 0 Å². The smallest absolute Gasteiger partial charge is 0.329 e. The summed E-state index contributed by atoms with van der Waals surface area (Å²) in [5.41, 5.74) is 4.18. The Hall–Kier alpha value is -3.84. The first kappa shape index (κ1) is 21.9. The highest BCUT2D eigenvalue weighted by Gasteiger charge is 2.15. The minimum atomic E-state index is -0.915. The van der Waals surface area contributed by atoms with Crippen LogP contribution >= 0.6 is 11.6 Å². The number of hydrogen-bond donors (Lipinski definition) is 2. The van der Waals surface area contributed by atoms with E-state index in [0.29, 0.717) is 34.4 Å².